The maximum absolute atomic E-state index is 12.7. The van der Waals surface area contributed by atoms with Crippen LogP contribution in [0.2, 0.25) is 0 Å². The highest BCUT2D eigenvalue weighted by Gasteiger charge is 2.30. The maximum Gasteiger partial charge on any atom is 0.322 e. The summed E-state index contributed by atoms with van der Waals surface area (Å²) in [5.74, 6) is 0. The average Bonchev–Trinajstić information content (AvgIpc) is 3.06. The van der Waals surface area contributed by atoms with Crippen LogP contribution in [0.5, 0.6) is 0 Å². The summed E-state index contributed by atoms with van der Waals surface area (Å²) in [7, 11) is 0. The number of likely N-dealkylation sites (tertiary alicyclic amines) is 1. The van der Waals surface area contributed by atoms with Gasteiger partial charge in [0.2, 0.25) is 0 Å². The number of urea groups is 1. The number of hydrogen-bond acceptors (Lipinski definition) is 1. The fourth-order valence-electron chi connectivity index (χ4n) is 3.28. The van der Waals surface area contributed by atoms with E-state index in [0.717, 1.165) is 31.5 Å². The van der Waals surface area contributed by atoms with E-state index < -0.39 is 0 Å². The predicted molar refractivity (Wildman–Crippen MR) is 94.7 cm³/mol. The fraction of sp³-hybridized carbons (Fsp3) is 0.350. The second-order valence-electron chi connectivity index (χ2n) is 6.20. The first kappa shape index (κ1) is 15.6. The van der Waals surface area contributed by atoms with Gasteiger partial charge in [0, 0.05) is 12.2 Å². The van der Waals surface area contributed by atoms with Crippen LogP contribution in [0.25, 0.3) is 0 Å². The third-order valence-corrected chi connectivity index (χ3v) is 4.62. The van der Waals surface area contributed by atoms with E-state index in [1.54, 1.807) is 0 Å². The van der Waals surface area contributed by atoms with Gasteiger partial charge in [0.15, 0.2) is 0 Å². The van der Waals surface area contributed by atoms with Crippen molar-refractivity contribution < 1.29 is 4.79 Å². The van der Waals surface area contributed by atoms with E-state index in [-0.39, 0.29) is 12.1 Å². The monoisotopic (exact) mass is 308 g/mol. The second kappa shape index (κ2) is 6.86. The van der Waals surface area contributed by atoms with Crippen LogP contribution >= 0.6 is 0 Å². The van der Waals surface area contributed by atoms with Gasteiger partial charge in [-0.1, -0.05) is 55.0 Å². The molecular formula is C20H24N2O. The molecule has 1 heterocycles. The molecule has 2 amide bonds. The summed E-state index contributed by atoms with van der Waals surface area (Å²) < 4.78 is 0. The predicted octanol–water partition coefficient (Wildman–Crippen LogP) is 4.93. The van der Waals surface area contributed by atoms with Gasteiger partial charge < -0.3 is 10.2 Å². The van der Waals surface area contributed by atoms with Gasteiger partial charge in [0.25, 0.3) is 0 Å². The van der Waals surface area contributed by atoms with E-state index >= 15 is 0 Å². The van der Waals surface area contributed by atoms with Crippen molar-refractivity contribution in [3.63, 3.8) is 0 Å². The summed E-state index contributed by atoms with van der Waals surface area (Å²) in [5, 5.41) is 3.10. The molecule has 120 valence electrons. The molecule has 2 aromatic carbocycles. The highest BCUT2D eigenvalue weighted by Crippen LogP contribution is 2.32. The number of aryl methyl sites for hydroxylation is 2. The minimum absolute atomic E-state index is 0.00831. The lowest BCUT2D eigenvalue weighted by Gasteiger charge is -2.26. The number of carbonyl (C=O) groups excluding carboxylic acids is 1. The molecular weight excluding hydrogens is 284 g/mol. The molecule has 0 bridgehead atoms. The fourth-order valence-corrected chi connectivity index (χ4v) is 3.28. The quantitative estimate of drug-likeness (QED) is 0.857. The molecule has 2 aromatic rings. The van der Waals surface area contributed by atoms with Crippen LogP contribution in [-0.4, -0.2) is 17.5 Å². The van der Waals surface area contributed by atoms with Crippen LogP contribution in [0.3, 0.4) is 0 Å². The molecule has 0 saturated carbocycles. The molecule has 3 nitrogen and oxygen atoms in total. The van der Waals surface area contributed by atoms with Gasteiger partial charge in [-0.05, 0) is 43.4 Å². The van der Waals surface area contributed by atoms with E-state index in [1.807, 2.05) is 23.1 Å². The highest BCUT2D eigenvalue weighted by atomic mass is 16.2. The number of amides is 2. The first-order chi connectivity index (χ1) is 11.2. The van der Waals surface area contributed by atoms with E-state index in [0.29, 0.717) is 0 Å². The van der Waals surface area contributed by atoms with E-state index in [2.05, 4.69) is 49.5 Å². The Hall–Kier alpha value is -2.29. The highest BCUT2D eigenvalue weighted by molar-refractivity contribution is 5.90. The Kier molecular flexibility index (Phi) is 4.65. The third-order valence-electron chi connectivity index (χ3n) is 4.62. The summed E-state index contributed by atoms with van der Waals surface area (Å²) >= 11 is 0. The zero-order chi connectivity index (χ0) is 16.2. The number of nitrogens with zero attached hydrogens (tertiary/aromatic N) is 1. The molecule has 1 aliphatic heterocycles. The second-order valence-corrected chi connectivity index (χ2v) is 6.20. The molecule has 23 heavy (non-hydrogen) atoms. The minimum atomic E-state index is 0.00831. The Labute approximate surface area is 138 Å². The molecule has 1 atom stereocenters. The Balaban J connectivity index is 1.77. The number of nitrogens with one attached hydrogen (secondary N) is 1. The van der Waals surface area contributed by atoms with Gasteiger partial charge in [0.05, 0.1) is 6.04 Å². The summed E-state index contributed by atoms with van der Waals surface area (Å²) in [4.78, 5) is 14.7. The smallest absolute Gasteiger partial charge is 0.317 e. The standard InChI is InChI=1S/C20H24N2O/c1-3-16-7-4-5-8-18(16)21-20(23)22-14-6-9-19(22)17-12-10-15(2)11-13-17/h4-5,7-8,10-13,19H,3,6,9,14H2,1-2H3,(H,21,23). The Morgan fingerprint density at radius 3 is 2.65 bits per heavy atom. The number of hydrogen-bond donors (Lipinski definition) is 1. The summed E-state index contributed by atoms with van der Waals surface area (Å²) in [6, 6.07) is 16.8. The van der Waals surface area contributed by atoms with Crippen LogP contribution in [0.15, 0.2) is 48.5 Å². The van der Waals surface area contributed by atoms with Gasteiger partial charge in [-0.15, -0.1) is 0 Å². The number of para-hydroxylation sites is 1. The Bertz CT molecular complexity index is 678. The van der Waals surface area contributed by atoms with Crippen LogP contribution in [-0.2, 0) is 6.42 Å². The van der Waals surface area contributed by atoms with Gasteiger partial charge >= 0.3 is 6.03 Å². The molecule has 1 fully saturated rings. The molecule has 0 radical (unpaired) electrons. The molecule has 0 spiro atoms. The summed E-state index contributed by atoms with van der Waals surface area (Å²) in [6.07, 6.45) is 3.01. The third kappa shape index (κ3) is 3.39. The molecule has 3 rings (SSSR count). The molecule has 1 aliphatic rings. The number of carbonyl (C=O) groups is 1. The largest absolute Gasteiger partial charge is 0.322 e. The van der Waals surface area contributed by atoms with E-state index in [1.165, 1.54) is 16.7 Å². The lowest BCUT2D eigenvalue weighted by molar-refractivity contribution is 0.207. The van der Waals surface area contributed by atoms with Gasteiger partial charge in [-0.2, -0.15) is 0 Å². The van der Waals surface area contributed by atoms with Crippen molar-refractivity contribution in [3.05, 3.63) is 65.2 Å². The molecule has 0 aromatic heterocycles. The van der Waals surface area contributed by atoms with Crippen molar-refractivity contribution in [2.75, 3.05) is 11.9 Å². The minimum Gasteiger partial charge on any atom is -0.317 e. The van der Waals surface area contributed by atoms with Gasteiger partial charge in [-0.3, -0.25) is 0 Å². The SMILES string of the molecule is CCc1ccccc1NC(=O)N1CCCC1c1ccc(C)cc1. The van der Waals surface area contributed by atoms with Crippen LogP contribution < -0.4 is 5.32 Å². The normalized spacial score (nSPS) is 17.3. The molecule has 1 unspecified atom stereocenters. The molecule has 3 heteroatoms. The number of benzene rings is 2. The summed E-state index contributed by atoms with van der Waals surface area (Å²) in [6.45, 7) is 5.01. The van der Waals surface area contributed by atoms with Crippen LogP contribution in [0.4, 0.5) is 10.5 Å². The Morgan fingerprint density at radius 2 is 1.91 bits per heavy atom. The lowest BCUT2D eigenvalue weighted by Crippen LogP contribution is -2.34. The molecule has 1 N–H and O–H groups in total. The van der Waals surface area contributed by atoms with Gasteiger partial charge in [-0.25, -0.2) is 4.79 Å². The first-order valence-electron chi connectivity index (χ1n) is 8.41. The topological polar surface area (TPSA) is 32.3 Å². The number of anilines is 1. The van der Waals surface area contributed by atoms with Crippen molar-refractivity contribution in [3.8, 4) is 0 Å². The van der Waals surface area contributed by atoms with Crippen molar-refractivity contribution in [1.82, 2.24) is 4.90 Å². The molecule has 0 aliphatic carbocycles. The first-order valence-corrected chi connectivity index (χ1v) is 8.41. The Morgan fingerprint density at radius 1 is 1.17 bits per heavy atom. The average molecular weight is 308 g/mol. The van der Waals surface area contributed by atoms with E-state index in [9.17, 15) is 4.79 Å². The van der Waals surface area contributed by atoms with E-state index in [4.69, 9.17) is 0 Å². The van der Waals surface area contributed by atoms with Crippen molar-refractivity contribution in [1.29, 1.82) is 0 Å². The van der Waals surface area contributed by atoms with Crippen LogP contribution in [0, 0.1) is 6.92 Å². The maximum atomic E-state index is 12.7. The van der Waals surface area contributed by atoms with Gasteiger partial charge in [0.1, 0.15) is 0 Å². The van der Waals surface area contributed by atoms with Crippen molar-refractivity contribution >= 4 is 11.7 Å². The zero-order valence-corrected chi connectivity index (χ0v) is 13.9. The van der Waals surface area contributed by atoms with Crippen LogP contribution in [0.1, 0.15) is 42.5 Å². The van der Waals surface area contributed by atoms with Crippen molar-refractivity contribution in [2.45, 2.75) is 39.2 Å². The molecule has 1 saturated heterocycles. The van der Waals surface area contributed by atoms with Crippen molar-refractivity contribution in [2.24, 2.45) is 0 Å². The summed E-state index contributed by atoms with van der Waals surface area (Å²) in [5.41, 5.74) is 4.58. The lowest BCUT2D eigenvalue weighted by atomic mass is 10.0. The zero-order valence-electron chi connectivity index (χ0n) is 13.9. The number of rotatable bonds is 3.